The van der Waals surface area contributed by atoms with Gasteiger partial charge in [0.1, 0.15) is 5.75 Å². The fourth-order valence-corrected chi connectivity index (χ4v) is 3.05. The quantitative estimate of drug-likeness (QED) is 0.467. The molecule has 0 unspecified atom stereocenters. The topological polar surface area (TPSA) is 77.2 Å². The van der Waals surface area contributed by atoms with E-state index >= 15 is 0 Å². The number of amides is 1. The Hall–Kier alpha value is -3.64. The van der Waals surface area contributed by atoms with E-state index in [-0.39, 0.29) is 12.5 Å². The van der Waals surface area contributed by atoms with Crippen molar-refractivity contribution in [3.05, 3.63) is 89.4 Å². The van der Waals surface area contributed by atoms with E-state index in [9.17, 15) is 4.79 Å². The van der Waals surface area contributed by atoms with Gasteiger partial charge < -0.3 is 14.5 Å². The van der Waals surface area contributed by atoms with Crippen LogP contribution < -0.4 is 10.1 Å². The van der Waals surface area contributed by atoms with Crippen LogP contribution in [0.4, 0.5) is 0 Å². The predicted molar refractivity (Wildman–Crippen MR) is 114 cm³/mol. The molecule has 0 saturated heterocycles. The molecule has 7 heteroatoms. The third kappa shape index (κ3) is 4.85. The molecule has 150 valence electrons. The van der Waals surface area contributed by atoms with Gasteiger partial charge >= 0.3 is 0 Å². The van der Waals surface area contributed by atoms with Crippen molar-refractivity contribution in [3.8, 4) is 28.7 Å². The van der Waals surface area contributed by atoms with Crippen LogP contribution in [0.25, 0.3) is 22.9 Å². The molecule has 0 aliphatic heterocycles. The van der Waals surface area contributed by atoms with E-state index in [0.717, 1.165) is 11.1 Å². The Morgan fingerprint density at radius 3 is 2.53 bits per heavy atom. The van der Waals surface area contributed by atoms with Gasteiger partial charge in [0, 0.05) is 17.1 Å². The van der Waals surface area contributed by atoms with Crippen molar-refractivity contribution in [1.29, 1.82) is 0 Å². The van der Waals surface area contributed by atoms with E-state index in [0.29, 0.717) is 34.7 Å². The number of nitrogens with one attached hydrogen (secondary N) is 1. The Labute approximate surface area is 178 Å². The number of carbonyl (C=O) groups is 1. The van der Waals surface area contributed by atoms with Gasteiger partial charge in [-0.3, -0.25) is 4.79 Å². The minimum Gasteiger partial charge on any atom is -0.483 e. The molecule has 1 aromatic heterocycles. The minimum absolute atomic E-state index is 0.142. The Kier molecular flexibility index (Phi) is 6.06. The zero-order chi connectivity index (χ0) is 20.8. The lowest BCUT2D eigenvalue weighted by Gasteiger charge is -2.10. The number of hydrogen-bond donors (Lipinski definition) is 1. The zero-order valence-electron chi connectivity index (χ0n) is 15.9. The number of nitrogens with zero attached hydrogens (tertiary/aromatic N) is 2. The summed E-state index contributed by atoms with van der Waals surface area (Å²) in [6, 6.07) is 24.0. The molecule has 0 bridgehead atoms. The summed E-state index contributed by atoms with van der Waals surface area (Å²) in [6.45, 7) is 0.228. The minimum atomic E-state index is -0.250. The molecule has 0 saturated carbocycles. The van der Waals surface area contributed by atoms with Gasteiger partial charge in [-0.25, -0.2) is 0 Å². The summed E-state index contributed by atoms with van der Waals surface area (Å²) in [5.41, 5.74) is 2.36. The maximum atomic E-state index is 12.2. The van der Waals surface area contributed by atoms with E-state index < -0.39 is 0 Å². The number of hydrogen-bond acceptors (Lipinski definition) is 5. The van der Waals surface area contributed by atoms with Crippen LogP contribution >= 0.6 is 11.6 Å². The van der Waals surface area contributed by atoms with E-state index in [1.54, 1.807) is 18.2 Å². The highest BCUT2D eigenvalue weighted by molar-refractivity contribution is 6.30. The van der Waals surface area contributed by atoms with Crippen molar-refractivity contribution in [2.45, 2.75) is 6.54 Å². The number of para-hydroxylation sites is 1. The first kappa shape index (κ1) is 19.7. The molecule has 30 heavy (non-hydrogen) atoms. The molecule has 1 N–H and O–H groups in total. The van der Waals surface area contributed by atoms with Crippen molar-refractivity contribution >= 4 is 17.5 Å². The van der Waals surface area contributed by atoms with Crippen molar-refractivity contribution in [1.82, 2.24) is 15.5 Å². The SMILES string of the molecule is O=C(COc1ccccc1-c1nnc(-c2ccccc2)o1)NCc1cccc(Cl)c1. The Balaban J connectivity index is 1.41. The first-order chi connectivity index (χ1) is 14.7. The number of halogens is 1. The van der Waals surface area contributed by atoms with Gasteiger partial charge in [-0.05, 0) is 42.0 Å². The third-order valence-electron chi connectivity index (χ3n) is 4.30. The van der Waals surface area contributed by atoms with Crippen molar-refractivity contribution in [2.75, 3.05) is 6.61 Å². The zero-order valence-corrected chi connectivity index (χ0v) is 16.7. The lowest BCUT2D eigenvalue weighted by molar-refractivity contribution is -0.123. The van der Waals surface area contributed by atoms with Crippen molar-refractivity contribution < 1.29 is 13.9 Å². The lowest BCUT2D eigenvalue weighted by atomic mass is 10.2. The molecule has 0 aliphatic rings. The monoisotopic (exact) mass is 419 g/mol. The fraction of sp³-hybridized carbons (Fsp3) is 0.0870. The van der Waals surface area contributed by atoms with Gasteiger partial charge in [-0.1, -0.05) is 54.1 Å². The van der Waals surface area contributed by atoms with Gasteiger partial charge in [0.05, 0.1) is 5.56 Å². The molecule has 1 amide bonds. The van der Waals surface area contributed by atoms with Gasteiger partial charge in [0.2, 0.25) is 5.89 Å². The Morgan fingerprint density at radius 1 is 0.933 bits per heavy atom. The largest absolute Gasteiger partial charge is 0.483 e. The summed E-state index contributed by atoms with van der Waals surface area (Å²) >= 11 is 5.96. The molecule has 0 fully saturated rings. The maximum Gasteiger partial charge on any atom is 0.258 e. The van der Waals surface area contributed by atoms with Gasteiger partial charge in [0.25, 0.3) is 11.8 Å². The third-order valence-corrected chi connectivity index (χ3v) is 4.54. The summed E-state index contributed by atoms with van der Waals surface area (Å²) in [5, 5.41) is 11.7. The van der Waals surface area contributed by atoms with E-state index in [2.05, 4.69) is 15.5 Å². The number of aromatic nitrogens is 2. The molecule has 3 aromatic carbocycles. The van der Waals surface area contributed by atoms with Crippen LogP contribution in [0.5, 0.6) is 5.75 Å². The summed E-state index contributed by atoms with van der Waals surface area (Å²) in [5.74, 6) is 0.974. The van der Waals surface area contributed by atoms with Gasteiger partial charge in [-0.2, -0.15) is 0 Å². The summed E-state index contributed by atoms with van der Waals surface area (Å²) in [4.78, 5) is 12.2. The molecule has 1 heterocycles. The Bertz CT molecular complexity index is 1150. The standard InChI is InChI=1S/C23H18ClN3O3/c24-18-10-6-7-16(13-18)14-25-21(28)15-29-20-12-5-4-11-19(20)23-27-26-22(30-23)17-8-2-1-3-9-17/h1-13H,14-15H2,(H,25,28). The highest BCUT2D eigenvalue weighted by Gasteiger charge is 2.15. The summed E-state index contributed by atoms with van der Waals surface area (Å²) < 4.78 is 11.5. The smallest absolute Gasteiger partial charge is 0.258 e. The first-order valence-electron chi connectivity index (χ1n) is 9.31. The van der Waals surface area contributed by atoms with Crippen LogP contribution in [0.1, 0.15) is 5.56 Å². The van der Waals surface area contributed by atoms with Crippen molar-refractivity contribution in [3.63, 3.8) is 0 Å². The second-order valence-electron chi connectivity index (χ2n) is 6.47. The van der Waals surface area contributed by atoms with E-state index in [1.165, 1.54) is 0 Å². The number of ether oxygens (including phenoxy) is 1. The van der Waals surface area contributed by atoms with Crippen LogP contribution in [0.15, 0.2) is 83.3 Å². The molecule has 0 spiro atoms. The number of carbonyl (C=O) groups excluding carboxylic acids is 1. The summed E-state index contributed by atoms with van der Waals surface area (Å²) in [6.07, 6.45) is 0. The van der Waals surface area contributed by atoms with Crippen LogP contribution in [-0.4, -0.2) is 22.7 Å². The molecule has 0 atom stereocenters. The Morgan fingerprint density at radius 2 is 1.70 bits per heavy atom. The molecule has 6 nitrogen and oxygen atoms in total. The average Bonchev–Trinajstić information content (AvgIpc) is 3.27. The van der Waals surface area contributed by atoms with E-state index in [1.807, 2.05) is 60.7 Å². The second kappa shape index (κ2) is 9.24. The molecule has 0 aliphatic carbocycles. The van der Waals surface area contributed by atoms with Crippen LogP contribution in [0.3, 0.4) is 0 Å². The van der Waals surface area contributed by atoms with Crippen LogP contribution in [0, 0.1) is 0 Å². The normalized spacial score (nSPS) is 10.6. The van der Waals surface area contributed by atoms with Gasteiger partial charge in [0.15, 0.2) is 6.61 Å². The maximum absolute atomic E-state index is 12.2. The molecular formula is C23H18ClN3O3. The molecular weight excluding hydrogens is 402 g/mol. The average molecular weight is 420 g/mol. The number of benzene rings is 3. The van der Waals surface area contributed by atoms with Crippen LogP contribution in [-0.2, 0) is 11.3 Å². The highest BCUT2D eigenvalue weighted by atomic mass is 35.5. The fourth-order valence-electron chi connectivity index (χ4n) is 2.84. The first-order valence-corrected chi connectivity index (χ1v) is 9.69. The molecule has 4 rings (SSSR count). The lowest BCUT2D eigenvalue weighted by Crippen LogP contribution is -2.28. The molecule has 4 aromatic rings. The van der Waals surface area contributed by atoms with Crippen molar-refractivity contribution in [2.24, 2.45) is 0 Å². The second-order valence-corrected chi connectivity index (χ2v) is 6.91. The van der Waals surface area contributed by atoms with Gasteiger partial charge in [-0.15, -0.1) is 10.2 Å². The molecule has 0 radical (unpaired) electrons. The number of rotatable bonds is 7. The highest BCUT2D eigenvalue weighted by Crippen LogP contribution is 2.30. The predicted octanol–water partition coefficient (Wildman–Crippen LogP) is 4.75. The van der Waals surface area contributed by atoms with Crippen LogP contribution in [0.2, 0.25) is 5.02 Å². The summed E-state index contributed by atoms with van der Waals surface area (Å²) in [7, 11) is 0. The van der Waals surface area contributed by atoms with E-state index in [4.69, 9.17) is 20.8 Å².